The maximum atomic E-state index is 5.03. The van der Waals surface area contributed by atoms with Gasteiger partial charge in [-0.15, -0.1) is 25.3 Å². The number of hydrogen-bond donors (Lipinski definition) is 2. The van der Waals surface area contributed by atoms with E-state index in [0.717, 1.165) is 30.5 Å². The molecule has 0 aliphatic carbocycles. The predicted molar refractivity (Wildman–Crippen MR) is 107 cm³/mol. The Morgan fingerprint density at radius 1 is 0.727 bits per heavy atom. The number of nitrogens with zero attached hydrogens (tertiary/aromatic N) is 2. The van der Waals surface area contributed by atoms with E-state index < -0.39 is 0 Å². The Hall–Kier alpha value is 1.73. The van der Waals surface area contributed by atoms with E-state index in [0.29, 0.717) is 4.32 Å². The summed E-state index contributed by atoms with van der Waals surface area (Å²) in [5.74, 6) is 0. The van der Waals surface area contributed by atoms with E-state index in [2.05, 4.69) is 57.9 Å². The van der Waals surface area contributed by atoms with Gasteiger partial charge in [-0.3, -0.25) is 0 Å². The molecule has 0 atom stereocenters. The minimum Gasteiger partial charge on any atom is -0.358 e. The molecule has 0 saturated carbocycles. The molecule has 0 N–H and O–H groups in total. The van der Waals surface area contributed by atoms with Crippen LogP contribution in [0, 0.1) is 0 Å². The van der Waals surface area contributed by atoms with E-state index >= 15 is 0 Å². The zero-order chi connectivity index (χ0) is 16.0. The molecule has 0 aromatic carbocycles. The van der Waals surface area contributed by atoms with Gasteiger partial charge in [0.1, 0.15) is 8.64 Å². The van der Waals surface area contributed by atoms with E-state index in [4.69, 9.17) is 24.4 Å². The van der Waals surface area contributed by atoms with Crippen molar-refractivity contribution in [3.05, 3.63) is 0 Å². The van der Waals surface area contributed by atoms with Crippen molar-refractivity contribution in [3.63, 3.8) is 0 Å². The van der Waals surface area contributed by atoms with Crippen molar-refractivity contribution in [3.8, 4) is 0 Å². The standard InChI is InChI=1S/C9H19NS2.C5H11NS2.2Zn/c1-3-5-7-10(9(11)12)8-6-4-2;1-3-6(4-2)5(7)8;;/h3-8H2,1-2H3,(H,11,12);3-4H2,1-2H3,(H,7,8);;/q;;2*+2. The van der Waals surface area contributed by atoms with E-state index in [1.165, 1.54) is 25.7 Å². The van der Waals surface area contributed by atoms with E-state index in [1.54, 1.807) is 0 Å². The van der Waals surface area contributed by atoms with Crippen molar-refractivity contribution < 1.29 is 39.0 Å². The van der Waals surface area contributed by atoms with Crippen LogP contribution in [0.2, 0.25) is 0 Å². The molecular formula is C14H30N2S4Zn2+4. The topological polar surface area (TPSA) is 6.48 Å². The second kappa shape index (κ2) is 22.7. The SMILES string of the molecule is CCCCN(CCCC)C(=S)S.CCN(CC)C(=S)S.[Zn+2].[Zn+2]. The maximum Gasteiger partial charge on any atom is 2.00 e. The van der Waals surface area contributed by atoms with Gasteiger partial charge in [0.2, 0.25) is 0 Å². The number of hydrogen-bond acceptors (Lipinski definition) is 2. The summed E-state index contributed by atoms with van der Waals surface area (Å²) in [6, 6.07) is 0. The van der Waals surface area contributed by atoms with Crippen LogP contribution < -0.4 is 0 Å². The molecule has 22 heavy (non-hydrogen) atoms. The molecule has 0 radical (unpaired) electrons. The first-order valence-electron chi connectivity index (χ1n) is 7.40. The van der Waals surface area contributed by atoms with Crippen molar-refractivity contribution in [2.24, 2.45) is 0 Å². The summed E-state index contributed by atoms with van der Waals surface area (Å²) in [6.45, 7) is 12.6. The molecule has 0 saturated heterocycles. The van der Waals surface area contributed by atoms with Crippen molar-refractivity contribution in [1.82, 2.24) is 9.80 Å². The molecule has 0 aliphatic rings. The van der Waals surface area contributed by atoms with Crippen LogP contribution in [0.25, 0.3) is 0 Å². The van der Waals surface area contributed by atoms with Crippen molar-refractivity contribution in [2.75, 3.05) is 26.2 Å². The Balaban J connectivity index is -0.000000144. The average molecular weight is 485 g/mol. The number of thiocarbonyl (C=S) groups is 2. The Kier molecular flexibility index (Phi) is 32.5. The Morgan fingerprint density at radius 2 is 1.05 bits per heavy atom. The van der Waals surface area contributed by atoms with Crippen LogP contribution in [0.1, 0.15) is 53.4 Å². The van der Waals surface area contributed by atoms with Gasteiger partial charge in [-0.1, -0.05) is 51.1 Å². The van der Waals surface area contributed by atoms with Crippen LogP contribution in [-0.2, 0) is 39.0 Å². The van der Waals surface area contributed by atoms with Gasteiger partial charge in [0.25, 0.3) is 0 Å². The summed E-state index contributed by atoms with van der Waals surface area (Å²) in [4.78, 5) is 4.20. The molecule has 0 heterocycles. The van der Waals surface area contributed by atoms with Crippen LogP contribution in [0.15, 0.2) is 0 Å². The summed E-state index contributed by atoms with van der Waals surface area (Å²) in [5.41, 5.74) is 0. The fourth-order valence-corrected chi connectivity index (χ4v) is 2.42. The quantitative estimate of drug-likeness (QED) is 0.294. The minimum absolute atomic E-state index is 0. The maximum absolute atomic E-state index is 5.03. The molecule has 0 spiro atoms. The second-order valence-electron chi connectivity index (χ2n) is 4.43. The number of thiol groups is 2. The van der Waals surface area contributed by atoms with Gasteiger partial charge in [-0.25, -0.2) is 0 Å². The molecule has 120 valence electrons. The summed E-state index contributed by atoms with van der Waals surface area (Å²) < 4.78 is 1.44. The molecule has 0 bridgehead atoms. The molecule has 0 aliphatic heterocycles. The molecule has 0 aromatic heterocycles. The summed E-state index contributed by atoms with van der Waals surface area (Å²) >= 11 is 18.0. The van der Waals surface area contributed by atoms with Gasteiger partial charge in [0.15, 0.2) is 0 Å². The summed E-state index contributed by atoms with van der Waals surface area (Å²) in [5, 5.41) is 0. The smallest absolute Gasteiger partial charge is 0.358 e. The van der Waals surface area contributed by atoms with E-state index in [9.17, 15) is 0 Å². The molecule has 0 fully saturated rings. The van der Waals surface area contributed by atoms with Crippen LogP contribution in [0.4, 0.5) is 0 Å². The second-order valence-corrected chi connectivity index (χ2v) is 6.66. The summed E-state index contributed by atoms with van der Waals surface area (Å²) in [6.07, 6.45) is 4.87. The Morgan fingerprint density at radius 3 is 1.18 bits per heavy atom. The Labute approximate surface area is 185 Å². The minimum atomic E-state index is 0. The van der Waals surface area contributed by atoms with Crippen LogP contribution in [0.5, 0.6) is 0 Å². The largest absolute Gasteiger partial charge is 2.00 e. The molecule has 0 rings (SSSR count). The van der Waals surface area contributed by atoms with Crippen LogP contribution in [0.3, 0.4) is 0 Å². The van der Waals surface area contributed by atoms with Crippen molar-refractivity contribution >= 4 is 58.3 Å². The van der Waals surface area contributed by atoms with Gasteiger partial charge in [-0.2, -0.15) is 0 Å². The van der Waals surface area contributed by atoms with Gasteiger partial charge >= 0.3 is 39.0 Å². The van der Waals surface area contributed by atoms with Crippen LogP contribution in [-0.4, -0.2) is 44.6 Å². The third kappa shape index (κ3) is 19.8. The number of rotatable bonds is 8. The van der Waals surface area contributed by atoms with Crippen molar-refractivity contribution in [2.45, 2.75) is 53.4 Å². The number of unbranched alkanes of at least 4 members (excludes halogenated alkanes) is 2. The monoisotopic (exact) mass is 482 g/mol. The van der Waals surface area contributed by atoms with Crippen LogP contribution >= 0.6 is 49.7 Å². The van der Waals surface area contributed by atoms with Gasteiger partial charge in [-0.05, 0) is 26.7 Å². The first kappa shape index (κ1) is 31.5. The first-order chi connectivity index (χ1) is 9.44. The molecule has 2 nitrogen and oxygen atoms in total. The fraction of sp³-hybridized carbons (Fsp3) is 0.857. The molecule has 0 unspecified atom stereocenters. The molecule has 0 aromatic rings. The summed E-state index contributed by atoms with van der Waals surface area (Å²) in [7, 11) is 0. The van der Waals surface area contributed by atoms with E-state index in [1.807, 2.05) is 4.90 Å². The molecule has 0 amide bonds. The van der Waals surface area contributed by atoms with Crippen molar-refractivity contribution in [1.29, 1.82) is 0 Å². The molecular weight excluding hydrogens is 455 g/mol. The third-order valence-corrected chi connectivity index (χ3v) is 3.95. The van der Waals surface area contributed by atoms with E-state index in [-0.39, 0.29) is 39.0 Å². The normalized spacial score (nSPS) is 8.64. The Bertz CT molecular complexity index is 257. The molecule has 8 heteroatoms. The van der Waals surface area contributed by atoms with Gasteiger partial charge in [0, 0.05) is 26.2 Å². The van der Waals surface area contributed by atoms with Gasteiger partial charge < -0.3 is 9.80 Å². The predicted octanol–water partition coefficient (Wildman–Crippen LogP) is 4.64. The zero-order valence-corrected chi connectivity index (χ0v) is 24.0. The average Bonchev–Trinajstić information content (AvgIpc) is 2.40. The van der Waals surface area contributed by atoms with Gasteiger partial charge in [0.05, 0.1) is 0 Å². The first-order valence-corrected chi connectivity index (χ1v) is 9.11. The third-order valence-electron chi connectivity index (χ3n) is 2.87. The zero-order valence-electron chi connectivity index (χ0n) is 14.7. The fourth-order valence-electron chi connectivity index (χ4n) is 1.50.